The van der Waals surface area contributed by atoms with Gasteiger partial charge in [0.15, 0.2) is 6.10 Å². The van der Waals surface area contributed by atoms with Crippen molar-refractivity contribution in [3.05, 3.63) is 64.4 Å². The Labute approximate surface area is 186 Å². The van der Waals surface area contributed by atoms with Crippen molar-refractivity contribution in [2.24, 2.45) is 0 Å². The number of amides is 1. The molecule has 1 fully saturated rings. The van der Waals surface area contributed by atoms with Gasteiger partial charge in [0, 0.05) is 24.7 Å². The minimum Gasteiger partial charge on any atom is -0.449 e. The number of anilines is 1. The van der Waals surface area contributed by atoms with Gasteiger partial charge < -0.3 is 14.8 Å². The van der Waals surface area contributed by atoms with Crippen molar-refractivity contribution in [3.63, 3.8) is 0 Å². The Hall–Kier alpha value is -2.48. The minimum absolute atomic E-state index is 0.0339. The first-order valence-corrected chi connectivity index (χ1v) is 10.5. The van der Waals surface area contributed by atoms with E-state index in [1.54, 1.807) is 12.1 Å². The summed E-state index contributed by atoms with van der Waals surface area (Å²) in [5.41, 5.74) is 1.38. The van der Waals surface area contributed by atoms with Crippen LogP contribution in [-0.4, -0.2) is 48.2 Å². The van der Waals surface area contributed by atoms with Crippen molar-refractivity contribution in [1.29, 1.82) is 0 Å². The Balaban J connectivity index is 1.54. The van der Waals surface area contributed by atoms with Crippen LogP contribution in [0.4, 0.5) is 10.1 Å². The number of esters is 1. The third-order valence-corrected chi connectivity index (χ3v) is 5.17. The molecule has 1 aliphatic heterocycles. The standard InChI is InChI=1S/C23H26ClFN2O4/c1-14-11-27(12-15(2)30-14)13-17-4-6-18(7-5-17)23(29)31-16(3)22(28)26-21-9-8-19(24)10-20(21)25/h4-10,14-16H,11-13H2,1-3H3,(H,26,28). The number of benzene rings is 2. The van der Waals surface area contributed by atoms with Crippen LogP contribution >= 0.6 is 11.6 Å². The van der Waals surface area contributed by atoms with Gasteiger partial charge in [-0.15, -0.1) is 0 Å². The Kier molecular flexibility index (Phi) is 7.64. The van der Waals surface area contributed by atoms with Crippen LogP contribution in [0, 0.1) is 5.82 Å². The monoisotopic (exact) mass is 448 g/mol. The van der Waals surface area contributed by atoms with Crippen molar-refractivity contribution in [1.82, 2.24) is 4.90 Å². The van der Waals surface area contributed by atoms with Gasteiger partial charge in [0.25, 0.3) is 5.91 Å². The van der Waals surface area contributed by atoms with Gasteiger partial charge in [0.05, 0.1) is 23.5 Å². The second-order valence-corrected chi connectivity index (χ2v) is 8.25. The van der Waals surface area contributed by atoms with Crippen LogP contribution in [0.15, 0.2) is 42.5 Å². The van der Waals surface area contributed by atoms with E-state index in [0.717, 1.165) is 31.3 Å². The molecule has 6 nitrogen and oxygen atoms in total. The summed E-state index contributed by atoms with van der Waals surface area (Å²) in [6.07, 6.45) is -0.724. The summed E-state index contributed by atoms with van der Waals surface area (Å²) in [6.45, 7) is 8.01. The van der Waals surface area contributed by atoms with Crippen molar-refractivity contribution >= 4 is 29.2 Å². The summed E-state index contributed by atoms with van der Waals surface area (Å²) >= 11 is 5.70. The number of ether oxygens (including phenoxy) is 2. The molecule has 1 N–H and O–H groups in total. The molecule has 2 aromatic rings. The number of halogens is 2. The van der Waals surface area contributed by atoms with Crippen LogP contribution in [-0.2, 0) is 20.8 Å². The zero-order valence-corrected chi connectivity index (χ0v) is 18.5. The number of nitrogens with zero attached hydrogens (tertiary/aromatic N) is 1. The number of hydrogen-bond donors (Lipinski definition) is 1. The van der Waals surface area contributed by atoms with E-state index in [-0.39, 0.29) is 22.9 Å². The number of carbonyl (C=O) groups excluding carboxylic acids is 2. The van der Waals surface area contributed by atoms with Crippen LogP contribution in [0.1, 0.15) is 36.7 Å². The van der Waals surface area contributed by atoms with Crippen LogP contribution in [0.25, 0.3) is 0 Å². The summed E-state index contributed by atoms with van der Waals surface area (Å²) in [7, 11) is 0. The summed E-state index contributed by atoms with van der Waals surface area (Å²) in [5, 5.41) is 2.61. The third-order valence-electron chi connectivity index (χ3n) is 4.93. The van der Waals surface area contributed by atoms with Gasteiger partial charge in [-0.25, -0.2) is 9.18 Å². The van der Waals surface area contributed by atoms with Crippen molar-refractivity contribution in [2.75, 3.05) is 18.4 Å². The Bertz CT molecular complexity index is 928. The van der Waals surface area contributed by atoms with Gasteiger partial charge in [-0.2, -0.15) is 0 Å². The maximum Gasteiger partial charge on any atom is 0.338 e. The molecule has 0 aromatic heterocycles. The first kappa shape index (κ1) is 23.2. The second kappa shape index (κ2) is 10.2. The molecule has 0 bridgehead atoms. The zero-order chi connectivity index (χ0) is 22.5. The molecule has 3 atom stereocenters. The molecule has 3 unspecified atom stereocenters. The fraction of sp³-hybridized carbons (Fsp3) is 0.391. The van der Waals surface area contributed by atoms with E-state index in [4.69, 9.17) is 21.1 Å². The smallest absolute Gasteiger partial charge is 0.338 e. The summed E-state index contributed by atoms with van der Waals surface area (Å²) in [5.74, 6) is -1.93. The first-order chi connectivity index (χ1) is 14.7. The van der Waals surface area contributed by atoms with Gasteiger partial charge in [-0.3, -0.25) is 9.69 Å². The lowest BCUT2D eigenvalue weighted by molar-refractivity contribution is -0.123. The molecule has 0 spiro atoms. The SMILES string of the molecule is CC1CN(Cc2ccc(C(=O)OC(C)C(=O)Nc3ccc(Cl)cc3F)cc2)CC(C)O1. The number of carbonyl (C=O) groups is 2. The molecule has 31 heavy (non-hydrogen) atoms. The normalized spacial score (nSPS) is 20.2. The average molecular weight is 449 g/mol. The molecule has 166 valence electrons. The highest BCUT2D eigenvalue weighted by atomic mass is 35.5. The Morgan fingerprint density at radius 1 is 1.19 bits per heavy atom. The maximum absolute atomic E-state index is 13.8. The van der Waals surface area contributed by atoms with E-state index in [9.17, 15) is 14.0 Å². The average Bonchev–Trinajstić information content (AvgIpc) is 2.69. The van der Waals surface area contributed by atoms with E-state index < -0.39 is 23.8 Å². The summed E-state index contributed by atoms with van der Waals surface area (Å²) < 4.78 is 24.8. The fourth-order valence-electron chi connectivity index (χ4n) is 3.53. The highest BCUT2D eigenvalue weighted by molar-refractivity contribution is 6.30. The predicted molar refractivity (Wildman–Crippen MR) is 117 cm³/mol. The first-order valence-electron chi connectivity index (χ1n) is 10.1. The molecular weight excluding hydrogens is 423 g/mol. The fourth-order valence-corrected chi connectivity index (χ4v) is 3.68. The molecule has 1 amide bonds. The van der Waals surface area contributed by atoms with Crippen molar-refractivity contribution < 1.29 is 23.5 Å². The molecule has 0 radical (unpaired) electrons. The van der Waals surface area contributed by atoms with E-state index in [0.29, 0.717) is 5.56 Å². The summed E-state index contributed by atoms with van der Waals surface area (Å²) in [6, 6.07) is 11.0. The van der Waals surface area contributed by atoms with E-state index in [1.807, 2.05) is 12.1 Å². The largest absolute Gasteiger partial charge is 0.449 e. The number of hydrogen-bond acceptors (Lipinski definition) is 5. The van der Waals surface area contributed by atoms with Crippen LogP contribution < -0.4 is 5.32 Å². The topological polar surface area (TPSA) is 67.9 Å². The van der Waals surface area contributed by atoms with Crippen LogP contribution in [0.2, 0.25) is 5.02 Å². The lowest BCUT2D eigenvalue weighted by atomic mass is 10.1. The number of rotatable bonds is 6. The quantitative estimate of drug-likeness (QED) is 0.668. The highest BCUT2D eigenvalue weighted by Crippen LogP contribution is 2.20. The second-order valence-electron chi connectivity index (χ2n) is 7.81. The zero-order valence-electron chi connectivity index (χ0n) is 17.7. The molecular formula is C23H26ClFN2O4. The van der Waals surface area contributed by atoms with Crippen molar-refractivity contribution in [2.45, 2.75) is 45.6 Å². The molecule has 0 aliphatic carbocycles. The molecule has 1 aliphatic rings. The van der Waals surface area contributed by atoms with E-state index >= 15 is 0 Å². The van der Waals surface area contributed by atoms with Gasteiger partial charge in [-0.05, 0) is 56.7 Å². The molecule has 1 heterocycles. The predicted octanol–water partition coefficient (Wildman–Crippen LogP) is 4.27. The van der Waals surface area contributed by atoms with Crippen LogP contribution in [0.5, 0.6) is 0 Å². The molecule has 1 saturated heterocycles. The van der Waals surface area contributed by atoms with Gasteiger partial charge >= 0.3 is 5.97 Å². The molecule has 3 rings (SSSR count). The Morgan fingerprint density at radius 3 is 2.45 bits per heavy atom. The number of nitrogens with one attached hydrogen (secondary N) is 1. The Morgan fingerprint density at radius 2 is 1.84 bits per heavy atom. The van der Waals surface area contributed by atoms with Crippen molar-refractivity contribution in [3.8, 4) is 0 Å². The summed E-state index contributed by atoms with van der Waals surface area (Å²) in [4.78, 5) is 26.9. The number of morpholine rings is 1. The molecule has 2 aromatic carbocycles. The van der Waals surface area contributed by atoms with E-state index in [2.05, 4.69) is 24.1 Å². The third kappa shape index (κ3) is 6.50. The molecule has 0 saturated carbocycles. The molecule has 8 heteroatoms. The van der Waals surface area contributed by atoms with Crippen LogP contribution in [0.3, 0.4) is 0 Å². The highest BCUT2D eigenvalue weighted by Gasteiger charge is 2.23. The van der Waals surface area contributed by atoms with Gasteiger partial charge in [0.1, 0.15) is 5.82 Å². The minimum atomic E-state index is -1.10. The van der Waals surface area contributed by atoms with Gasteiger partial charge in [-0.1, -0.05) is 23.7 Å². The van der Waals surface area contributed by atoms with E-state index in [1.165, 1.54) is 19.1 Å². The lowest BCUT2D eigenvalue weighted by Gasteiger charge is -2.35. The van der Waals surface area contributed by atoms with Gasteiger partial charge in [0.2, 0.25) is 0 Å². The maximum atomic E-state index is 13.8. The lowest BCUT2D eigenvalue weighted by Crippen LogP contribution is -2.44.